The normalized spacial score (nSPS) is 15.7. The summed E-state index contributed by atoms with van der Waals surface area (Å²) in [6.07, 6.45) is -0.181. The zero-order valence-electron chi connectivity index (χ0n) is 20.0. The second-order valence-corrected chi connectivity index (χ2v) is 9.33. The van der Waals surface area contributed by atoms with Crippen LogP contribution >= 0.6 is 0 Å². The van der Waals surface area contributed by atoms with Gasteiger partial charge in [0.05, 0.1) is 6.04 Å². The molecule has 1 unspecified atom stereocenters. The van der Waals surface area contributed by atoms with Gasteiger partial charge in [-0.2, -0.15) is 0 Å². The van der Waals surface area contributed by atoms with Crippen molar-refractivity contribution < 1.29 is 14.3 Å². The number of carbonyl (C=O) groups excluding carboxylic acids is 1. The van der Waals surface area contributed by atoms with Crippen LogP contribution in [0, 0.1) is 5.82 Å². The van der Waals surface area contributed by atoms with Gasteiger partial charge >= 0.3 is 0 Å². The summed E-state index contributed by atoms with van der Waals surface area (Å²) in [7, 11) is 0. The van der Waals surface area contributed by atoms with Crippen molar-refractivity contribution in [3.63, 3.8) is 0 Å². The molecule has 1 amide bonds. The van der Waals surface area contributed by atoms with Crippen molar-refractivity contribution >= 4 is 11.6 Å². The number of amides is 1. The summed E-state index contributed by atoms with van der Waals surface area (Å²) in [5.74, 6) is -0.621. The van der Waals surface area contributed by atoms with Gasteiger partial charge in [0.2, 0.25) is 5.91 Å². The van der Waals surface area contributed by atoms with Crippen LogP contribution in [-0.4, -0.2) is 29.7 Å². The topological polar surface area (TPSA) is 52.6 Å². The van der Waals surface area contributed by atoms with Crippen molar-refractivity contribution in [2.75, 3.05) is 11.4 Å². The maximum absolute atomic E-state index is 13.4. The fourth-order valence-electron chi connectivity index (χ4n) is 4.85. The zero-order valence-corrected chi connectivity index (χ0v) is 20.0. The van der Waals surface area contributed by atoms with E-state index in [2.05, 4.69) is 40.5 Å². The zero-order chi connectivity index (χ0) is 24.9. The Bertz CT molecular complexity index is 1310. The van der Waals surface area contributed by atoms with Crippen molar-refractivity contribution in [2.24, 2.45) is 0 Å². The number of nitrogens with one attached hydrogen (secondary N) is 1. The molecule has 2 atom stereocenters. The third-order valence-corrected chi connectivity index (χ3v) is 6.64. The molecule has 4 aromatic rings. The molecule has 0 aliphatic carbocycles. The molecule has 5 heteroatoms. The minimum Gasteiger partial charge on any atom is -0.383 e. The van der Waals surface area contributed by atoms with E-state index in [0.29, 0.717) is 19.5 Å². The van der Waals surface area contributed by atoms with Crippen LogP contribution in [0.25, 0.3) is 11.1 Å². The third kappa shape index (κ3) is 5.64. The van der Waals surface area contributed by atoms with Crippen molar-refractivity contribution in [3.05, 3.63) is 126 Å². The largest absolute Gasteiger partial charge is 0.383 e. The second-order valence-electron chi connectivity index (χ2n) is 9.33. The molecule has 4 aromatic carbocycles. The van der Waals surface area contributed by atoms with Gasteiger partial charge in [-0.1, -0.05) is 78.9 Å². The Hall–Kier alpha value is -3.96. The molecule has 2 N–H and O–H groups in total. The lowest BCUT2D eigenvalue weighted by Crippen LogP contribution is -2.51. The molecule has 0 radical (unpaired) electrons. The van der Waals surface area contributed by atoms with Crippen LogP contribution in [0.2, 0.25) is 0 Å². The average molecular weight is 481 g/mol. The summed E-state index contributed by atoms with van der Waals surface area (Å²) >= 11 is 0. The molecule has 1 aliphatic rings. The highest BCUT2D eigenvalue weighted by Crippen LogP contribution is 2.33. The highest BCUT2D eigenvalue weighted by Gasteiger charge is 2.28. The number of benzene rings is 4. The average Bonchev–Trinajstić information content (AvgIpc) is 2.90. The predicted octanol–water partition coefficient (Wildman–Crippen LogP) is 5.14. The van der Waals surface area contributed by atoms with Crippen LogP contribution in [0.4, 0.5) is 10.1 Å². The Morgan fingerprint density at radius 2 is 1.53 bits per heavy atom. The molecular weight excluding hydrogens is 451 g/mol. The van der Waals surface area contributed by atoms with Gasteiger partial charge in [-0.15, -0.1) is 0 Å². The fourth-order valence-corrected chi connectivity index (χ4v) is 4.85. The van der Waals surface area contributed by atoms with Gasteiger partial charge in [0, 0.05) is 25.2 Å². The van der Waals surface area contributed by atoms with E-state index in [1.165, 1.54) is 17.7 Å². The van der Waals surface area contributed by atoms with Crippen LogP contribution < -0.4 is 10.2 Å². The number of hydrogen-bond donors (Lipinski definition) is 2. The van der Waals surface area contributed by atoms with E-state index >= 15 is 0 Å². The van der Waals surface area contributed by atoms with Crippen molar-refractivity contribution in [3.8, 4) is 11.1 Å². The van der Waals surface area contributed by atoms with E-state index in [-0.39, 0.29) is 24.2 Å². The van der Waals surface area contributed by atoms with E-state index in [4.69, 9.17) is 0 Å². The molecular formula is C31H29FN2O2. The molecule has 36 heavy (non-hydrogen) atoms. The van der Waals surface area contributed by atoms with E-state index in [9.17, 15) is 14.3 Å². The van der Waals surface area contributed by atoms with Gasteiger partial charge < -0.3 is 15.3 Å². The number of rotatable bonds is 7. The SMILES string of the molecule is O=C(NC1Cc2cc(-c3ccc(F)cc3)ccc2N(Cc2ccccc2)C1)[C@H](O)Cc1ccccc1. The van der Waals surface area contributed by atoms with Crippen LogP contribution in [0.1, 0.15) is 16.7 Å². The molecule has 4 nitrogen and oxygen atoms in total. The lowest BCUT2D eigenvalue weighted by atomic mass is 9.93. The second kappa shape index (κ2) is 10.8. The first-order valence-electron chi connectivity index (χ1n) is 12.3. The van der Waals surface area contributed by atoms with Gasteiger partial charge in [-0.3, -0.25) is 4.79 Å². The molecule has 0 saturated carbocycles. The molecule has 182 valence electrons. The summed E-state index contributed by atoms with van der Waals surface area (Å²) in [6.45, 7) is 1.35. The number of hydrogen-bond acceptors (Lipinski definition) is 3. The smallest absolute Gasteiger partial charge is 0.249 e. The molecule has 0 fully saturated rings. The van der Waals surface area contributed by atoms with Gasteiger partial charge in [0.25, 0.3) is 0 Å². The van der Waals surface area contributed by atoms with Crippen LogP contribution in [0.15, 0.2) is 103 Å². The summed E-state index contributed by atoms with van der Waals surface area (Å²) in [5.41, 5.74) is 6.29. The van der Waals surface area contributed by atoms with Gasteiger partial charge in [0.1, 0.15) is 11.9 Å². The Morgan fingerprint density at radius 1 is 0.889 bits per heavy atom. The Kier molecular flexibility index (Phi) is 7.10. The maximum Gasteiger partial charge on any atom is 0.249 e. The van der Waals surface area contributed by atoms with Crippen LogP contribution in [0.5, 0.6) is 0 Å². The highest BCUT2D eigenvalue weighted by molar-refractivity contribution is 5.81. The van der Waals surface area contributed by atoms with E-state index in [0.717, 1.165) is 27.9 Å². The summed E-state index contributed by atoms with van der Waals surface area (Å²) in [6, 6.07) is 32.4. The Morgan fingerprint density at radius 3 is 2.22 bits per heavy atom. The quantitative estimate of drug-likeness (QED) is 0.385. The monoisotopic (exact) mass is 480 g/mol. The molecule has 5 rings (SSSR count). The highest BCUT2D eigenvalue weighted by atomic mass is 19.1. The summed E-state index contributed by atoms with van der Waals surface area (Å²) < 4.78 is 13.4. The minimum atomic E-state index is -1.11. The number of nitrogens with zero attached hydrogens (tertiary/aromatic N) is 1. The van der Waals surface area contributed by atoms with Crippen molar-refractivity contribution in [2.45, 2.75) is 31.5 Å². The number of aliphatic hydroxyl groups is 1. The number of fused-ring (bicyclic) bond motifs is 1. The lowest BCUT2D eigenvalue weighted by Gasteiger charge is -2.37. The van der Waals surface area contributed by atoms with Crippen molar-refractivity contribution in [1.29, 1.82) is 0 Å². The number of halogens is 1. The van der Waals surface area contributed by atoms with E-state index in [1.807, 2.05) is 48.5 Å². The van der Waals surface area contributed by atoms with E-state index < -0.39 is 6.10 Å². The fraction of sp³-hybridized carbons (Fsp3) is 0.194. The Labute approximate surface area is 211 Å². The van der Waals surface area contributed by atoms with Crippen LogP contribution in [-0.2, 0) is 24.2 Å². The van der Waals surface area contributed by atoms with Crippen molar-refractivity contribution in [1.82, 2.24) is 5.32 Å². The molecule has 0 saturated heterocycles. The summed E-state index contributed by atoms with van der Waals surface area (Å²) in [5, 5.41) is 13.6. The first-order valence-corrected chi connectivity index (χ1v) is 12.3. The maximum atomic E-state index is 13.4. The van der Waals surface area contributed by atoms with Gasteiger partial charge in [0.15, 0.2) is 0 Å². The molecule has 0 spiro atoms. The molecule has 0 aromatic heterocycles. The number of carbonyl (C=O) groups is 1. The third-order valence-electron chi connectivity index (χ3n) is 6.64. The standard InChI is InChI=1S/C31H29FN2O2/c32-27-14-11-24(12-15-27)25-13-16-29-26(18-25)19-28(21-34(29)20-23-9-5-2-6-10-23)33-31(36)30(35)17-22-7-3-1-4-8-22/h1-16,18,28,30,35H,17,19-21H2,(H,33,36)/t28?,30-/m1/s1. The Balaban J connectivity index is 1.38. The molecule has 1 heterocycles. The van der Waals surface area contributed by atoms with E-state index in [1.54, 1.807) is 12.1 Å². The summed E-state index contributed by atoms with van der Waals surface area (Å²) in [4.78, 5) is 15.2. The minimum absolute atomic E-state index is 0.150. The van der Waals surface area contributed by atoms with Gasteiger partial charge in [-0.05, 0) is 58.5 Å². The molecule has 0 bridgehead atoms. The first kappa shape index (κ1) is 23.8. The molecule has 1 aliphatic heterocycles. The predicted molar refractivity (Wildman–Crippen MR) is 141 cm³/mol. The lowest BCUT2D eigenvalue weighted by molar-refractivity contribution is -0.129. The van der Waals surface area contributed by atoms with Gasteiger partial charge in [-0.25, -0.2) is 4.39 Å². The van der Waals surface area contributed by atoms with Crippen LogP contribution in [0.3, 0.4) is 0 Å². The number of aliphatic hydroxyl groups excluding tert-OH is 1. The number of anilines is 1. The first-order chi connectivity index (χ1) is 17.5.